The number of hydrogen-bond acceptors (Lipinski definition) is 2. The molecule has 1 aromatic carbocycles. The van der Waals surface area contributed by atoms with E-state index < -0.39 is 0 Å². The van der Waals surface area contributed by atoms with Crippen LogP contribution >= 0.6 is 0 Å². The van der Waals surface area contributed by atoms with Crippen LogP contribution in [0.5, 0.6) is 0 Å². The molecule has 0 fully saturated rings. The van der Waals surface area contributed by atoms with Crippen molar-refractivity contribution >= 4 is 10.8 Å². The maximum Gasteiger partial charge on any atom is 0.187 e. The molecule has 0 N–H and O–H groups in total. The molecule has 0 aliphatic heterocycles. The highest BCUT2D eigenvalue weighted by atomic mass is 16.1. The molecule has 1 heterocycles. The second kappa shape index (κ2) is 2.74. The lowest BCUT2D eigenvalue weighted by Crippen LogP contribution is -1.94. The smallest absolute Gasteiger partial charge is 0.187 e. The van der Waals surface area contributed by atoms with E-state index in [-0.39, 0.29) is 5.43 Å². The minimum Gasteiger partial charge on any atom is -0.289 e. The van der Waals surface area contributed by atoms with Crippen molar-refractivity contribution in [3.8, 4) is 0 Å². The van der Waals surface area contributed by atoms with Crippen LogP contribution in [-0.2, 0) is 0 Å². The molecule has 58 valence electrons. The summed E-state index contributed by atoms with van der Waals surface area (Å²) in [7, 11) is 0. The maximum absolute atomic E-state index is 11.3. The van der Waals surface area contributed by atoms with Crippen LogP contribution in [0.1, 0.15) is 0 Å². The predicted molar refractivity (Wildman–Crippen MR) is 48.0 cm³/mol. The minimum atomic E-state index is 0.0168. The molecule has 0 aliphatic rings. The number of rotatable bonds is 0. The minimum absolute atomic E-state index is 0.0168. The molecule has 12 heavy (non-hydrogen) atoms. The molecular weight excluding hydrogens is 150 g/mol. The summed E-state index contributed by atoms with van der Waals surface area (Å²) in [6.45, 7) is 0. The van der Waals surface area contributed by atoms with Crippen molar-refractivity contribution in [3.63, 3.8) is 0 Å². The lowest BCUT2D eigenvalue weighted by atomic mass is 10.2. The Morgan fingerprint density at radius 2 is 1.92 bits per heavy atom. The third kappa shape index (κ3) is 1.07. The molecule has 0 spiro atoms. The summed E-state index contributed by atoms with van der Waals surface area (Å²) in [6.07, 6.45) is 3.28. The molecule has 0 atom stereocenters. The van der Waals surface area contributed by atoms with Crippen molar-refractivity contribution < 1.29 is 0 Å². The number of aromatic nitrogens is 1. The van der Waals surface area contributed by atoms with E-state index in [1.54, 1.807) is 24.5 Å². The van der Waals surface area contributed by atoms with Gasteiger partial charge < -0.3 is 0 Å². The largest absolute Gasteiger partial charge is 0.289 e. The summed E-state index contributed by atoms with van der Waals surface area (Å²) in [5, 5.41) is 1.60. The number of fused-ring (bicyclic) bond motifs is 1. The zero-order chi connectivity index (χ0) is 8.39. The summed E-state index contributed by atoms with van der Waals surface area (Å²) >= 11 is 0. The zero-order valence-corrected chi connectivity index (χ0v) is 6.40. The Hall–Kier alpha value is -1.70. The normalized spacial score (nSPS) is 10.0. The van der Waals surface area contributed by atoms with E-state index in [1.165, 1.54) is 0 Å². The van der Waals surface area contributed by atoms with Crippen LogP contribution in [0.2, 0.25) is 0 Å². The predicted octanol–water partition coefficient (Wildman–Crippen LogP) is 1.59. The van der Waals surface area contributed by atoms with Crippen LogP contribution in [-0.4, -0.2) is 4.98 Å². The van der Waals surface area contributed by atoms with Crippen molar-refractivity contribution in [3.05, 3.63) is 52.9 Å². The van der Waals surface area contributed by atoms with E-state index >= 15 is 0 Å². The van der Waals surface area contributed by atoms with Gasteiger partial charge in [0, 0.05) is 17.8 Å². The van der Waals surface area contributed by atoms with Gasteiger partial charge in [0.2, 0.25) is 0 Å². The third-order valence-electron chi connectivity index (χ3n) is 1.75. The SMILES string of the molecule is O=c1ccccc2ccncc12. The first-order valence-electron chi connectivity index (χ1n) is 3.71. The Morgan fingerprint density at radius 3 is 2.83 bits per heavy atom. The molecular formula is C10H7NO. The van der Waals surface area contributed by atoms with Gasteiger partial charge in [-0.05, 0) is 17.5 Å². The van der Waals surface area contributed by atoms with E-state index in [9.17, 15) is 4.79 Å². The van der Waals surface area contributed by atoms with Gasteiger partial charge in [0.25, 0.3) is 0 Å². The standard InChI is InChI=1S/C10H7NO/c12-10-4-2-1-3-8-5-6-11-7-9(8)10/h1-7H. The van der Waals surface area contributed by atoms with Gasteiger partial charge in [-0.2, -0.15) is 0 Å². The summed E-state index contributed by atoms with van der Waals surface area (Å²) in [6, 6.07) is 8.87. The van der Waals surface area contributed by atoms with Crippen molar-refractivity contribution in [1.82, 2.24) is 4.98 Å². The Balaban J connectivity index is 3.06. The molecule has 0 bridgehead atoms. The summed E-state index contributed by atoms with van der Waals surface area (Å²) < 4.78 is 0. The topological polar surface area (TPSA) is 30.0 Å². The first-order chi connectivity index (χ1) is 5.88. The fourth-order valence-corrected chi connectivity index (χ4v) is 1.15. The van der Waals surface area contributed by atoms with Crippen LogP contribution < -0.4 is 5.43 Å². The zero-order valence-electron chi connectivity index (χ0n) is 6.40. The summed E-state index contributed by atoms with van der Waals surface area (Å²) in [5.41, 5.74) is 0.0168. The quantitative estimate of drug-likeness (QED) is 0.581. The molecule has 0 aliphatic carbocycles. The van der Waals surface area contributed by atoms with Crippen molar-refractivity contribution in [2.75, 3.05) is 0 Å². The van der Waals surface area contributed by atoms with Gasteiger partial charge in [-0.1, -0.05) is 18.2 Å². The highest BCUT2D eigenvalue weighted by Crippen LogP contribution is 2.04. The van der Waals surface area contributed by atoms with Crippen LogP contribution in [0.4, 0.5) is 0 Å². The highest BCUT2D eigenvalue weighted by Gasteiger charge is 1.92. The summed E-state index contributed by atoms with van der Waals surface area (Å²) in [5.74, 6) is 0. The van der Waals surface area contributed by atoms with Gasteiger partial charge in [-0.25, -0.2) is 0 Å². The van der Waals surface area contributed by atoms with Gasteiger partial charge in [0.15, 0.2) is 5.43 Å². The van der Waals surface area contributed by atoms with Crippen LogP contribution in [0, 0.1) is 0 Å². The fraction of sp³-hybridized carbons (Fsp3) is 0. The number of hydrogen-bond donors (Lipinski definition) is 0. The molecule has 0 saturated heterocycles. The first kappa shape index (κ1) is 6.98. The van der Waals surface area contributed by atoms with Crippen molar-refractivity contribution in [2.45, 2.75) is 0 Å². The van der Waals surface area contributed by atoms with Crippen molar-refractivity contribution in [2.24, 2.45) is 0 Å². The van der Waals surface area contributed by atoms with E-state index in [0.29, 0.717) is 5.39 Å². The molecule has 0 amide bonds. The summed E-state index contributed by atoms with van der Waals surface area (Å²) in [4.78, 5) is 15.2. The van der Waals surface area contributed by atoms with Crippen LogP contribution in [0.15, 0.2) is 47.5 Å². The molecule has 1 aromatic heterocycles. The Kier molecular flexibility index (Phi) is 1.59. The van der Waals surface area contributed by atoms with E-state index in [4.69, 9.17) is 0 Å². The first-order valence-corrected chi connectivity index (χ1v) is 3.71. The van der Waals surface area contributed by atoms with Gasteiger partial charge in [0.1, 0.15) is 0 Å². The van der Waals surface area contributed by atoms with E-state index in [2.05, 4.69) is 4.98 Å². The molecule has 0 unspecified atom stereocenters. The lowest BCUT2D eigenvalue weighted by Gasteiger charge is -1.86. The van der Waals surface area contributed by atoms with Crippen LogP contribution in [0.25, 0.3) is 10.8 Å². The average molecular weight is 157 g/mol. The maximum atomic E-state index is 11.3. The third-order valence-corrected chi connectivity index (χ3v) is 1.75. The molecule has 0 radical (unpaired) electrons. The molecule has 2 rings (SSSR count). The molecule has 2 nitrogen and oxygen atoms in total. The van der Waals surface area contributed by atoms with Gasteiger partial charge in [0.05, 0.1) is 0 Å². The number of pyridine rings is 1. The highest BCUT2D eigenvalue weighted by molar-refractivity contribution is 5.80. The second-order valence-electron chi connectivity index (χ2n) is 2.55. The lowest BCUT2D eigenvalue weighted by molar-refractivity contribution is 1.36. The molecule has 0 saturated carbocycles. The van der Waals surface area contributed by atoms with E-state index in [0.717, 1.165) is 5.39 Å². The second-order valence-corrected chi connectivity index (χ2v) is 2.55. The fourth-order valence-electron chi connectivity index (χ4n) is 1.15. The molecule has 2 heteroatoms. The Morgan fingerprint density at radius 1 is 1.08 bits per heavy atom. The van der Waals surface area contributed by atoms with E-state index in [1.807, 2.05) is 18.2 Å². The Labute approximate surface area is 69.5 Å². The van der Waals surface area contributed by atoms with Gasteiger partial charge in [-0.15, -0.1) is 0 Å². The molecule has 2 aromatic rings. The Bertz CT molecular complexity index is 465. The van der Waals surface area contributed by atoms with Gasteiger partial charge in [-0.3, -0.25) is 9.78 Å². The van der Waals surface area contributed by atoms with Crippen LogP contribution in [0.3, 0.4) is 0 Å². The van der Waals surface area contributed by atoms with Crippen molar-refractivity contribution in [1.29, 1.82) is 0 Å². The number of nitrogens with zero attached hydrogens (tertiary/aromatic N) is 1. The monoisotopic (exact) mass is 157 g/mol. The van der Waals surface area contributed by atoms with Gasteiger partial charge >= 0.3 is 0 Å². The average Bonchev–Trinajstić information content (AvgIpc) is 2.29.